The number of Topliss-reactive ketones (excluding diaryl/α,β-unsaturated/α-hetero) is 1. The molecule has 90 valence electrons. The molecule has 2 rings (SSSR count). The van der Waals surface area contributed by atoms with Crippen LogP contribution in [-0.4, -0.2) is 19.0 Å². The van der Waals surface area contributed by atoms with E-state index in [1.807, 2.05) is 0 Å². The Morgan fingerprint density at radius 1 is 1.31 bits per heavy atom. The Bertz CT molecular complexity index is 293. The quantitative estimate of drug-likeness (QED) is 0.671. The second kappa shape index (κ2) is 5.13. The standard InChI is InChI=1S/C14H22O2/c1-10-8-9-12(15)13(14(10)16-2)11-6-4-3-5-7-11/h6,10,13-14H,3-5,7-9H2,1-2H3/t10-,13-,14-/m1/s1. The van der Waals surface area contributed by atoms with Gasteiger partial charge < -0.3 is 4.74 Å². The molecule has 16 heavy (non-hydrogen) atoms. The molecular weight excluding hydrogens is 200 g/mol. The molecule has 2 nitrogen and oxygen atoms in total. The third kappa shape index (κ3) is 2.22. The highest BCUT2D eigenvalue weighted by Crippen LogP contribution is 2.36. The maximum absolute atomic E-state index is 12.1. The number of hydrogen-bond donors (Lipinski definition) is 0. The van der Waals surface area contributed by atoms with Gasteiger partial charge in [-0.3, -0.25) is 4.79 Å². The summed E-state index contributed by atoms with van der Waals surface area (Å²) in [4.78, 5) is 12.1. The fourth-order valence-electron chi connectivity index (χ4n) is 3.13. The molecular formula is C14H22O2. The summed E-state index contributed by atoms with van der Waals surface area (Å²) < 4.78 is 5.58. The minimum atomic E-state index is 0.0639. The Hall–Kier alpha value is -0.630. The summed E-state index contributed by atoms with van der Waals surface area (Å²) in [5, 5.41) is 0. The van der Waals surface area contributed by atoms with Crippen LogP contribution in [0.5, 0.6) is 0 Å². The van der Waals surface area contributed by atoms with Crippen LogP contribution in [-0.2, 0) is 9.53 Å². The molecule has 0 aliphatic heterocycles. The molecule has 3 atom stereocenters. The Balaban J connectivity index is 2.19. The van der Waals surface area contributed by atoms with Gasteiger partial charge in [-0.05, 0) is 38.0 Å². The molecule has 0 saturated heterocycles. The predicted molar refractivity (Wildman–Crippen MR) is 64.2 cm³/mol. The highest BCUT2D eigenvalue weighted by molar-refractivity contribution is 5.85. The van der Waals surface area contributed by atoms with Crippen molar-refractivity contribution in [3.8, 4) is 0 Å². The third-order valence-electron chi connectivity index (χ3n) is 4.08. The average molecular weight is 222 g/mol. The van der Waals surface area contributed by atoms with E-state index in [4.69, 9.17) is 4.74 Å². The summed E-state index contributed by atoms with van der Waals surface area (Å²) in [7, 11) is 1.75. The van der Waals surface area contributed by atoms with Crippen LogP contribution in [0.15, 0.2) is 11.6 Å². The molecule has 2 aliphatic rings. The summed E-state index contributed by atoms with van der Waals surface area (Å²) >= 11 is 0. The SMILES string of the molecule is CO[C@H]1[C@H](C2=CCCCC2)C(=O)CC[C@H]1C. The van der Waals surface area contributed by atoms with Crippen molar-refractivity contribution in [1.29, 1.82) is 0 Å². The number of ketones is 1. The fraction of sp³-hybridized carbons (Fsp3) is 0.786. The van der Waals surface area contributed by atoms with Crippen molar-refractivity contribution in [2.75, 3.05) is 7.11 Å². The summed E-state index contributed by atoms with van der Waals surface area (Å²) in [6.45, 7) is 2.21. The van der Waals surface area contributed by atoms with Gasteiger partial charge in [0.1, 0.15) is 5.78 Å². The zero-order valence-electron chi connectivity index (χ0n) is 10.4. The molecule has 1 fully saturated rings. The Kier molecular flexibility index (Phi) is 3.80. The van der Waals surface area contributed by atoms with Crippen LogP contribution in [0.2, 0.25) is 0 Å². The number of methoxy groups -OCH3 is 1. The van der Waals surface area contributed by atoms with Gasteiger partial charge in [-0.2, -0.15) is 0 Å². The number of rotatable bonds is 2. The number of carbonyl (C=O) groups is 1. The summed E-state index contributed by atoms with van der Waals surface area (Å²) in [5.74, 6) is 0.975. The second-order valence-corrected chi connectivity index (χ2v) is 5.19. The van der Waals surface area contributed by atoms with E-state index in [1.165, 1.54) is 18.4 Å². The molecule has 2 heteroatoms. The van der Waals surface area contributed by atoms with Crippen LogP contribution in [0.1, 0.15) is 45.4 Å². The maximum atomic E-state index is 12.1. The van der Waals surface area contributed by atoms with Gasteiger partial charge in [-0.1, -0.05) is 18.6 Å². The maximum Gasteiger partial charge on any atom is 0.142 e. The molecule has 0 amide bonds. The lowest BCUT2D eigenvalue weighted by Gasteiger charge is -2.36. The smallest absolute Gasteiger partial charge is 0.142 e. The lowest BCUT2D eigenvalue weighted by Crippen LogP contribution is -2.41. The van der Waals surface area contributed by atoms with Gasteiger partial charge in [0.2, 0.25) is 0 Å². The number of allylic oxidation sites excluding steroid dienone is 1. The van der Waals surface area contributed by atoms with Crippen molar-refractivity contribution in [1.82, 2.24) is 0 Å². The molecule has 0 spiro atoms. The number of ether oxygens (including phenoxy) is 1. The first-order chi connectivity index (χ1) is 7.74. The van der Waals surface area contributed by atoms with Crippen molar-refractivity contribution in [2.45, 2.75) is 51.6 Å². The van der Waals surface area contributed by atoms with Gasteiger partial charge in [0.25, 0.3) is 0 Å². The molecule has 2 aliphatic carbocycles. The molecule has 0 unspecified atom stereocenters. The van der Waals surface area contributed by atoms with Gasteiger partial charge >= 0.3 is 0 Å². The van der Waals surface area contributed by atoms with E-state index in [-0.39, 0.29) is 12.0 Å². The topological polar surface area (TPSA) is 26.3 Å². The van der Waals surface area contributed by atoms with Gasteiger partial charge in [0.05, 0.1) is 12.0 Å². The molecule has 0 N–H and O–H groups in total. The van der Waals surface area contributed by atoms with Gasteiger partial charge in [0.15, 0.2) is 0 Å². The number of carbonyl (C=O) groups excluding carboxylic acids is 1. The number of hydrogen-bond acceptors (Lipinski definition) is 2. The van der Waals surface area contributed by atoms with E-state index < -0.39 is 0 Å². The van der Waals surface area contributed by atoms with E-state index >= 15 is 0 Å². The summed E-state index contributed by atoms with van der Waals surface area (Å²) in [6.07, 6.45) is 8.89. The van der Waals surface area contributed by atoms with Crippen molar-refractivity contribution in [3.63, 3.8) is 0 Å². The third-order valence-corrected chi connectivity index (χ3v) is 4.08. The van der Waals surface area contributed by atoms with Crippen LogP contribution in [0.25, 0.3) is 0 Å². The summed E-state index contributed by atoms with van der Waals surface area (Å²) in [5.41, 5.74) is 1.36. The molecule has 0 aromatic carbocycles. The molecule has 0 aromatic heterocycles. The predicted octanol–water partition coefficient (Wildman–Crippen LogP) is 3.12. The molecule has 0 radical (unpaired) electrons. The summed E-state index contributed by atoms with van der Waals surface area (Å²) in [6, 6.07) is 0. The first kappa shape index (κ1) is 11.8. The molecule has 0 heterocycles. The van der Waals surface area contributed by atoms with Crippen LogP contribution in [0, 0.1) is 11.8 Å². The van der Waals surface area contributed by atoms with Crippen molar-refractivity contribution in [2.24, 2.45) is 11.8 Å². The van der Waals surface area contributed by atoms with Crippen LogP contribution < -0.4 is 0 Å². The fourth-order valence-corrected chi connectivity index (χ4v) is 3.13. The minimum absolute atomic E-state index is 0.0639. The lowest BCUT2D eigenvalue weighted by molar-refractivity contribution is -0.131. The van der Waals surface area contributed by atoms with Gasteiger partial charge in [-0.25, -0.2) is 0 Å². The van der Waals surface area contributed by atoms with Crippen LogP contribution in [0.3, 0.4) is 0 Å². The van der Waals surface area contributed by atoms with E-state index in [0.29, 0.717) is 11.7 Å². The lowest BCUT2D eigenvalue weighted by atomic mass is 9.73. The van der Waals surface area contributed by atoms with E-state index in [9.17, 15) is 4.79 Å². The molecule has 0 aromatic rings. The zero-order chi connectivity index (χ0) is 11.5. The van der Waals surface area contributed by atoms with Gasteiger partial charge in [0, 0.05) is 13.5 Å². The Labute approximate surface area is 98.1 Å². The first-order valence-electron chi connectivity index (χ1n) is 6.48. The van der Waals surface area contributed by atoms with Crippen LogP contribution in [0.4, 0.5) is 0 Å². The highest BCUT2D eigenvalue weighted by atomic mass is 16.5. The average Bonchev–Trinajstić information content (AvgIpc) is 2.33. The van der Waals surface area contributed by atoms with Crippen molar-refractivity contribution >= 4 is 5.78 Å². The highest BCUT2D eigenvalue weighted by Gasteiger charge is 2.38. The minimum Gasteiger partial charge on any atom is -0.380 e. The Morgan fingerprint density at radius 2 is 2.12 bits per heavy atom. The van der Waals surface area contributed by atoms with Crippen molar-refractivity contribution in [3.05, 3.63) is 11.6 Å². The van der Waals surface area contributed by atoms with Crippen LogP contribution >= 0.6 is 0 Å². The monoisotopic (exact) mass is 222 g/mol. The molecule has 1 saturated carbocycles. The van der Waals surface area contributed by atoms with E-state index in [2.05, 4.69) is 13.0 Å². The van der Waals surface area contributed by atoms with E-state index in [0.717, 1.165) is 25.7 Å². The van der Waals surface area contributed by atoms with Gasteiger partial charge in [-0.15, -0.1) is 0 Å². The Morgan fingerprint density at radius 3 is 2.75 bits per heavy atom. The largest absolute Gasteiger partial charge is 0.380 e. The van der Waals surface area contributed by atoms with E-state index in [1.54, 1.807) is 7.11 Å². The van der Waals surface area contributed by atoms with Crippen molar-refractivity contribution < 1.29 is 9.53 Å². The molecule has 0 bridgehead atoms. The second-order valence-electron chi connectivity index (χ2n) is 5.19. The first-order valence-corrected chi connectivity index (χ1v) is 6.48. The zero-order valence-corrected chi connectivity index (χ0v) is 10.4. The normalized spacial score (nSPS) is 36.0.